The molecule has 0 aliphatic heterocycles. The van der Waals surface area contributed by atoms with Crippen LogP contribution in [0, 0.1) is 0 Å². The highest BCUT2D eigenvalue weighted by Crippen LogP contribution is 2.26. The second-order valence-corrected chi connectivity index (χ2v) is 6.72. The van der Waals surface area contributed by atoms with Crippen LogP contribution in [0.25, 0.3) is 10.9 Å². The Morgan fingerprint density at radius 2 is 1.78 bits per heavy atom. The zero-order chi connectivity index (χ0) is 19.4. The summed E-state index contributed by atoms with van der Waals surface area (Å²) in [5.74, 6) is 0.514. The second kappa shape index (κ2) is 8.09. The molecule has 0 spiro atoms. The maximum Gasteiger partial charge on any atom is 0.269 e. The zero-order valence-electron chi connectivity index (χ0n) is 15.7. The first-order chi connectivity index (χ1) is 13.0. The van der Waals surface area contributed by atoms with Gasteiger partial charge in [-0.05, 0) is 30.2 Å². The van der Waals surface area contributed by atoms with Crippen LogP contribution in [-0.2, 0) is 0 Å². The lowest BCUT2D eigenvalue weighted by molar-refractivity contribution is 0.0997. The summed E-state index contributed by atoms with van der Waals surface area (Å²) in [5, 5.41) is 7.38. The van der Waals surface area contributed by atoms with E-state index in [-0.39, 0.29) is 11.7 Å². The number of carbonyl (C=O) groups excluding carboxylic acids is 1. The van der Waals surface area contributed by atoms with Gasteiger partial charge in [0.2, 0.25) is 0 Å². The summed E-state index contributed by atoms with van der Waals surface area (Å²) in [5.41, 5.74) is 8.45. The summed E-state index contributed by atoms with van der Waals surface area (Å²) in [6.45, 7) is 5.06. The third-order valence-corrected chi connectivity index (χ3v) is 4.51. The van der Waals surface area contributed by atoms with Crippen molar-refractivity contribution < 1.29 is 4.79 Å². The van der Waals surface area contributed by atoms with Crippen molar-refractivity contribution in [3.63, 3.8) is 0 Å². The van der Waals surface area contributed by atoms with E-state index < -0.39 is 5.91 Å². The van der Waals surface area contributed by atoms with Crippen LogP contribution in [0.15, 0.2) is 42.9 Å². The van der Waals surface area contributed by atoms with Gasteiger partial charge in [0.25, 0.3) is 5.91 Å². The molecule has 7 nitrogen and oxygen atoms in total. The number of pyridine rings is 1. The fraction of sp³-hybridized carbons (Fsp3) is 0.300. The minimum absolute atomic E-state index is 0.000458. The summed E-state index contributed by atoms with van der Waals surface area (Å²) < 4.78 is 0. The molecule has 0 aliphatic carbocycles. The van der Waals surface area contributed by atoms with Crippen LogP contribution in [-0.4, -0.2) is 34.5 Å². The van der Waals surface area contributed by atoms with Crippen molar-refractivity contribution in [2.75, 3.05) is 18.9 Å². The van der Waals surface area contributed by atoms with E-state index in [1.165, 1.54) is 11.9 Å². The summed E-state index contributed by atoms with van der Waals surface area (Å²) in [6, 6.07) is 10.3. The Morgan fingerprint density at radius 3 is 2.41 bits per heavy atom. The number of benzene rings is 1. The van der Waals surface area contributed by atoms with Gasteiger partial charge in [0.1, 0.15) is 17.7 Å². The SMILES string of the molecule is CNCC(Nc1ncnc2c(C(N)=O)nccc12)c1ccc(C(C)C)cc1. The number of nitrogens with one attached hydrogen (secondary N) is 2. The largest absolute Gasteiger partial charge is 0.364 e. The Morgan fingerprint density at radius 1 is 1.07 bits per heavy atom. The number of nitrogens with two attached hydrogens (primary N) is 1. The van der Waals surface area contributed by atoms with Gasteiger partial charge in [-0.15, -0.1) is 0 Å². The van der Waals surface area contributed by atoms with Crippen molar-refractivity contribution in [2.45, 2.75) is 25.8 Å². The molecule has 27 heavy (non-hydrogen) atoms. The van der Waals surface area contributed by atoms with Gasteiger partial charge in [-0.3, -0.25) is 4.79 Å². The van der Waals surface area contributed by atoms with Gasteiger partial charge in [-0.25, -0.2) is 15.0 Å². The maximum atomic E-state index is 11.6. The van der Waals surface area contributed by atoms with E-state index in [1.54, 1.807) is 12.3 Å². The van der Waals surface area contributed by atoms with E-state index in [9.17, 15) is 4.79 Å². The number of carbonyl (C=O) groups is 1. The molecule has 2 heterocycles. The highest BCUT2D eigenvalue weighted by molar-refractivity contribution is 6.05. The van der Waals surface area contributed by atoms with Gasteiger partial charge in [-0.2, -0.15) is 0 Å². The smallest absolute Gasteiger partial charge is 0.269 e. The Labute approximate surface area is 158 Å². The molecule has 0 radical (unpaired) electrons. The summed E-state index contributed by atoms with van der Waals surface area (Å²) in [4.78, 5) is 24.2. The molecule has 140 valence electrons. The highest BCUT2D eigenvalue weighted by Gasteiger charge is 2.16. The van der Waals surface area contributed by atoms with Crippen molar-refractivity contribution in [2.24, 2.45) is 5.73 Å². The fourth-order valence-electron chi connectivity index (χ4n) is 3.02. The lowest BCUT2D eigenvalue weighted by Gasteiger charge is -2.21. The van der Waals surface area contributed by atoms with Crippen molar-refractivity contribution in [3.8, 4) is 0 Å². The minimum Gasteiger partial charge on any atom is -0.364 e. The van der Waals surface area contributed by atoms with Gasteiger partial charge < -0.3 is 16.4 Å². The number of amides is 1. The first-order valence-corrected chi connectivity index (χ1v) is 8.91. The number of aromatic nitrogens is 3. The van der Waals surface area contributed by atoms with Crippen LogP contribution >= 0.6 is 0 Å². The van der Waals surface area contributed by atoms with E-state index in [1.807, 2.05) is 7.05 Å². The molecule has 1 aromatic carbocycles. The van der Waals surface area contributed by atoms with Gasteiger partial charge in [-0.1, -0.05) is 38.1 Å². The van der Waals surface area contributed by atoms with Crippen LogP contribution in [0.1, 0.15) is 47.4 Å². The van der Waals surface area contributed by atoms with E-state index >= 15 is 0 Å². The molecule has 1 atom stereocenters. The summed E-state index contributed by atoms with van der Waals surface area (Å²) >= 11 is 0. The summed E-state index contributed by atoms with van der Waals surface area (Å²) in [7, 11) is 1.91. The van der Waals surface area contributed by atoms with Crippen LogP contribution in [0.3, 0.4) is 0 Å². The number of hydrogen-bond acceptors (Lipinski definition) is 6. The first-order valence-electron chi connectivity index (χ1n) is 8.91. The number of hydrogen-bond donors (Lipinski definition) is 3. The lowest BCUT2D eigenvalue weighted by Crippen LogP contribution is -2.24. The molecular weight excluding hydrogens is 340 g/mol. The monoisotopic (exact) mass is 364 g/mol. The molecule has 3 rings (SSSR count). The number of primary amides is 1. The van der Waals surface area contributed by atoms with Gasteiger partial charge >= 0.3 is 0 Å². The van der Waals surface area contributed by atoms with Gasteiger partial charge in [0.05, 0.1) is 6.04 Å². The van der Waals surface area contributed by atoms with Crippen LogP contribution in [0.2, 0.25) is 0 Å². The van der Waals surface area contributed by atoms with Gasteiger partial charge in [0.15, 0.2) is 5.69 Å². The van der Waals surface area contributed by atoms with Crippen LogP contribution in [0.4, 0.5) is 5.82 Å². The third-order valence-electron chi connectivity index (χ3n) is 4.51. The number of anilines is 1. The van der Waals surface area contributed by atoms with E-state index in [4.69, 9.17) is 5.73 Å². The molecule has 0 bridgehead atoms. The van der Waals surface area contributed by atoms with Crippen LogP contribution in [0.5, 0.6) is 0 Å². The normalized spacial score (nSPS) is 12.3. The maximum absolute atomic E-state index is 11.6. The Balaban J connectivity index is 1.97. The van der Waals surface area contributed by atoms with E-state index in [0.29, 0.717) is 29.2 Å². The zero-order valence-corrected chi connectivity index (χ0v) is 15.7. The van der Waals surface area contributed by atoms with Gasteiger partial charge in [0, 0.05) is 18.1 Å². The standard InChI is InChI=1S/C20H24N6O/c1-12(2)13-4-6-14(7-5-13)16(10-22-3)26-20-15-8-9-23-18(19(21)27)17(15)24-11-25-20/h4-9,11-12,16,22H,10H2,1-3H3,(H2,21,27)(H,24,25,26). The highest BCUT2D eigenvalue weighted by atomic mass is 16.1. The average molecular weight is 364 g/mol. The Kier molecular flexibility index (Phi) is 5.61. The molecule has 0 aliphatic rings. The Bertz CT molecular complexity index is 939. The molecule has 0 saturated heterocycles. The minimum atomic E-state index is -0.610. The predicted octanol–water partition coefficient (Wildman–Crippen LogP) is 2.62. The molecule has 1 unspecified atom stereocenters. The third kappa shape index (κ3) is 4.03. The van der Waals surface area contributed by atoms with Crippen molar-refractivity contribution in [1.82, 2.24) is 20.3 Å². The molecule has 7 heteroatoms. The molecule has 0 saturated carbocycles. The number of likely N-dealkylation sites (N-methyl/N-ethyl adjacent to an activating group) is 1. The first kappa shape index (κ1) is 18.7. The lowest BCUT2D eigenvalue weighted by atomic mass is 9.99. The predicted molar refractivity (Wildman–Crippen MR) is 107 cm³/mol. The molecule has 2 aromatic heterocycles. The molecule has 3 aromatic rings. The summed E-state index contributed by atoms with van der Waals surface area (Å²) in [6.07, 6.45) is 2.96. The average Bonchev–Trinajstić information content (AvgIpc) is 2.67. The Hall–Kier alpha value is -3.06. The molecule has 4 N–H and O–H groups in total. The molecule has 1 amide bonds. The van der Waals surface area contributed by atoms with E-state index in [0.717, 1.165) is 5.56 Å². The molecule has 0 fully saturated rings. The topological polar surface area (TPSA) is 106 Å². The van der Waals surface area contributed by atoms with Crippen molar-refractivity contribution >= 4 is 22.6 Å². The quantitative estimate of drug-likeness (QED) is 0.595. The fourth-order valence-corrected chi connectivity index (χ4v) is 3.02. The van der Waals surface area contributed by atoms with Crippen molar-refractivity contribution in [3.05, 3.63) is 59.7 Å². The number of fused-ring (bicyclic) bond motifs is 1. The van der Waals surface area contributed by atoms with Crippen molar-refractivity contribution in [1.29, 1.82) is 0 Å². The van der Waals surface area contributed by atoms with Crippen LogP contribution < -0.4 is 16.4 Å². The second-order valence-electron chi connectivity index (χ2n) is 6.72. The number of nitrogens with zero attached hydrogens (tertiary/aromatic N) is 3. The molecular formula is C20H24N6O. The number of rotatable bonds is 7. The van der Waals surface area contributed by atoms with E-state index in [2.05, 4.69) is 63.7 Å².